The lowest BCUT2D eigenvalue weighted by Crippen LogP contribution is -2.35. The van der Waals surface area contributed by atoms with Gasteiger partial charge in [-0.1, -0.05) is 70.0 Å². The number of halogens is 2. The summed E-state index contributed by atoms with van der Waals surface area (Å²) in [5, 5.41) is 15.2. The molecule has 0 radical (unpaired) electrons. The van der Waals surface area contributed by atoms with Gasteiger partial charge in [0, 0.05) is 24.2 Å². The fourth-order valence-corrected chi connectivity index (χ4v) is 3.03. The van der Waals surface area contributed by atoms with Crippen LogP contribution in [0.5, 0.6) is 0 Å². The minimum atomic E-state index is -1.06. The minimum Gasteiger partial charge on any atom is -0.480 e. The van der Waals surface area contributed by atoms with E-state index in [1.165, 1.54) is 0 Å². The van der Waals surface area contributed by atoms with E-state index in [9.17, 15) is 9.59 Å². The quantitative estimate of drug-likeness (QED) is 0.410. The van der Waals surface area contributed by atoms with Crippen LogP contribution in [-0.2, 0) is 9.59 Å². The number of rotatable bonds is 9. The van der Waals surface area contributed by atoms with Crippen LogP contribution in [0.15, 0.2) is 36.5 Å². The number of carboxylic acids is 1. The average Bonchev–Trinajstić information content (AvgIpc) is 2.80. The first kappa shape index (κ1) is 28.7. The first-order valence-electron chi connectivity index (χ1n) is 10.6. The summed E-state index contributed by atoms with van der Waals surface area (Å²) in [6.45, 7) is 10.1. The van der Waals surface area contributed by atoms with E-state index >= 15 is 0 Å². The predicted molar refractivity (Wildman–Crippen MR) is 130 cm³/mol. The van der Waals surface area contributed by atoms with E-state index in [0.29, 0.717) is 35.2 Å². The number of nitrogens with zero attached hydrogens (tertiary/aromatic N) is 1. The molecule has 1 atom stereocenters. The molecule has 0 saturated heterocycles. The Balaban J connectivity index is 0.00000212. The lowest BCUT2D eigenvalue weighted by molar-refractivity contribution is -0.138. The number of anilines is 1. The van der Waals surface area contributed by atoms with Gasteiger partial charge in [-0.3, -0.25) is 9.59 Å². The van der Waals surface area contributed by atoms with Gasteiger partial charge in [-0.2, -0.15) is 0 Å². The molecule has 6 nitrogen and oxygen atoms in total. The molecule has 0 bridgehead atoms. The SMILES string of the molecule is CC.CC.CCC(CCNc1cc(-c2cccc(Cl)c2Cl)ccn1)C(=O)NCC(=O)O. The van der Waals surface area contributed by atoms with E-state index < -0.39 is 5.97 Å². The highest BCUT2D eigenvalue weighted by Gasteiger charge is 2.16. The molecule has 0 aliphatic carbocycles. The fourth-order valence-electron chi connectivity index (χ4n) is 2.62. The number of benzene rings is 1. The molecule has 0 fully saturated rings. The van der Waals surface area contributed by atoms with E-state index in [2.05, 4.69) is 15.6 Å². The number of nitrogens with one attached hydrogen (secondary N) is 2. The summed E-state index contributed by atoms with van der Waals surface area (Å²) in [7, 11) is 0. The number of hydrogen-bond donors (Lipinski definition) is 3. The van der Waals surface area contributed by atoms with E-state index in [0.717, 1.165) is 11.1 Å². The number of aromatic nitrogens is 1. The van der Waals surface area contributed by atoms with Gasteiger partial charge in [0.25, 0.3) is 0 Å². The Bertz CT molecular complexity index is 816. The Hall–Kier alpha value is -2.31. The van der Waals surface area contributed by atoms with Crippen LogP contribution in [0.3, 0.4) is 0 Å². The zero-order valence-electron chi connectivity index (χ0n) is 18.8. The van der Waals surface area contributed by atoms with Crippen LogP contribution in [0.2, 0.25) is 10.0 Å². The smallest absolute Gasteiger partial charge is 0.322 e. The van der Waals surface area contributed by atoms with Crippen molar-refractivity contribution in [3.05, 3.63) is 46.6 Å². The summed E-state index contributed by atoms with van der Waals surface area (Å²) in [5.41, 5.74) is 1.69. The Morgan fingerprint density at radius 1 is 1.13 bits per heavy atom. The van der Waals surface area contributed by atoms with Gasteiger partial charge in [-0.25, -0.2) is 4.98 Å². The van der Waals surface area contributed by atoms with Crippen molar-refractivity contribution in [3.8, 4) is 11.1 Å². The zero-order valence-corrected chi connectivity index (χ0v) is 20.3. The molecule has 2 rings (SSSR count). The molecule has 1 amide bonds. The summed E-state index contributed by atoms with van der Waals surface area (Å²) in [6, 6.07) is 9.15. The van der Waals surface area contributed by atoms with Crippen molar-refractivity contribution < 1.29 is 14.7 Å². The van der Waals surface area contributed by atoms with Gasteiger partial charge in [0.1, 0.15) is 12.4 Å². The number of hydrogen-bond acceptors (Lipinski definition) is 4. The van der Waals surface area contributed by atoms with Gasteiger partial charge in [0.2, 0.25) is 5.91 Å². The largest absolute Gasteiger partial charge is 0.480 e. The molecule has 1 aromatic heterocycles. The monoisotopic (exact) mass is 469 g/mol. The number of carbonyl (C=O) groups is 2. The third-order valence-corrected chi connectivity index (χ3v) is 4.92. The molecule has 0 aliphatic rings. The third-order valence-electron chi connectivity index (χ3n) is 4.10. The molecule has 0 aliphatic heterocycles. The fraction of sp³-hybridized carbons (Fsp3) is 0.435. The van der Waals surface area contributed by atoms with Crippen molar-refractivity contribution >= 4 is 40.9 Å². The molecule has 172 valence electrons. The lowest BCUT2D eigenvalue weighted by Gasteiger charge is -2.15. The van der Waals surface area contributed by atoms with Crippen LogP contribution in [-0.4, -0.2) is 35.1 Å². The second kappa shape index (κ2) is 16.4. The highest BCUT2D eigenvalue weighted by molar-refractivity contribution is 6.43. The first-order valence-corrected chi connectivity index (χ1v) is 11.3. The number of carbonyl (C=O) groups excluding carboxylic acids is 1. The summed E-state index contributed by atoms with van der Waals surface area (Å²) in [6.07, 6.45) is 2.86. The summed E-state index contributed by atoms with van der Waals surface area (Å²) in [4.78, 5) is 26.8. The van der Waals surface area contributed by atoms with Crippen LogP contribution in [0.25, 0.3) is 11.1 Å². The number of aliphatic carboxylic acids is 1. The van der Waals surface area contributed by atoms with Crippen molar-refractivity contribution in [2.45, 2.75) is 47.5 Å². The molecular weight excluding hydrogens is 437 g/mol. The topological polar surface area (TPSA) is 91.3 Å². The summed E-state index contributed by atoms with van der Waals surface area (Å²) in [5.74, 6) is -0.919. The van der Waals surface area contributed by atoms with Crippen LogP contribution in [0, 0.1) is 5.92 Å². The van der Waals surface area contributed by atoms with Crippen LogP contribution >= 0.6 is 23.2 Å². The molecule has 8 heteroatoms. The maximum absolute atomic E-state index is 12.0. The van der Waals surface area contributed by atoms with Crippen molar-refractivity contribution in [1.29, 1.82) is 0 Å². The molecule has 1 heterocycles. The van der Waals surface area contributed by atoms with Gasteiger partial charge in [0.15, 0.2) is 0 Å². The molecule has 0 spiro atoms. The van der Waals surface area contributed by atoms with Gasteiger partial charge in [-0.15, -0.1) is 0 Å². The highest BCUT2D eigenvalue weighted by atomic mass is 35.5. The van der Waals surface area contributed by atoms with Crippen molar-refractivity contribution in [1.82, 2.24) is 10.3 Å². The highest BCUT2D eigenvalue weighted by Crippen LogP contribution is 2.33. The second-order valence-corrected chi connectivity index (χ2v) is 6.75. The molecule has 31 heavy (non-hydrogen) atoms. The minimum absolute atomic E-state index is 0.255. The zero-order chi connectivity index (χ0) is 23.8. The van der Waals surface area contributed by atoms with Crippen LogP contribution in [0.4, 0.5) is 5.82 Å². The van der Waals surface area contributed by atoms with Gasteiger partial charge in [0.05, 0.1) is 10.0 Å². The first-order chi connectivity index (χ1) is 14.9. The van der Waals surface area contributed by atoms with Gasteiger partial charge in [-0.05, 0) is 36.6 Å². The molecular formula is C23H33Cl2N3O3. The van der Waals surface area contributed by atoms with E-state index in [-0.39, 0.29) is 18.4 Å². The van der Waals surface area contributed by atoms with Gasteiger partial charge < -0.3 is 15.7 Å². The van der Waals surface area contributed by atoms with Crippen molar-refractivity contribution in [2.75, 3.05) is 18.4 Å². The lowest BCUT2D eigenvalue weighted by atomic mass is 10.0. The second-order valence-electron chi connectivity index (χ2n) is 5.96. The van der Waals surface area contributed by atoms with Crippen LogP contribution < -0.4 is 10.6 Å². The maximum atomic E-state index is 12.0. The molecule has 3 N–H and O–H groups in total. The molecule has 1 aromatic carbocycles. The van der Waals surface area contributed by atoms with E-state index in [4.69, 9.17) is 28.3 Å². The van der Waals surface area contributed by atoms with Crippen molar-refractivity contribution in [2.24, 2.45) is 5.92 Å². The Morgan fingerprint density at radius 2 is 1.81 bits per heavy atom. The molecule has 2 aromatic rings. The average molecular weight is 470 g/mol. The number of carboxylic acid groups (broad SMARTS) is 1. The Labute approximate surface area is 195 Å². The van der Waals surface area contributed by atoms with E-state index in [1.807, 2.05) is 58.9 Å². The predicted octanol–water partition coefficient (Wildman–Crippen LogP) is 6.14. The van der Waals surface area contributed by atoms with Crippen molar-refractivity contribution in [3.63, 3.8) is 0 Å². The molecule has 0 saturated carbocycles. The van der Waals surface area contributed by atoms with Crippen LogP contribution in [0.1, 0.15) is 47.5 Å². The number of pyridine rings is 1. The third kappa shape index (κ3) is 10.0. The normalized spacial score (nSPS) is 10.5. The number of amides is 1. The molecule has 1 unspecified atom stereocenters. The Morgan fingerprint density at radius 3 is 2.42 bits per heavy atom. The van der Waals surface area contributed by atoms with Gasteiger partial charge >= 0.3 is 5.97 Å². The van der Waals surface area contributed by atoms with E-state index in [1.54, 1.807) is 12.3 Å². The Kier molecular flexibility index (Phi) is 15.2. The summed E-state index contributed by atoms with van der Waals surface area (Å²) < 4.78 is 0. The standard InChI is InChI=1S/C19H21Cl2N3O3.2C2H6/c1-2-12(19(27)24-11-17(25)26)6-8-22-16-10-13(7-9-23-16)14-4-3-5-15(20)18(14)21;2*1-2/h3-5,7,9-10,12H,2,6,8,11H2,1H3,(H,22,23)(H,24,27)(H,25,26);2*1-2H3. The summed E-state index contributed by atoms with van der Waals surface area (Å²) >= 11 is 12.3. The maximum Gasteiger partial charge on any atom is 0.322 e.